The van der Waals surface area contributed by atoms with Crippen LogP contribution in [0.15, 0.2) is 36.9 Å². The summed E-state index contributed by atoms with van der Waals surface area (Å²) in [5, 5.41) is 10.6. The highest BCUT2D eigenvalue weighted by atomic mass is 16.2. The van der Waals surface area contributed by atoms with Gasteiger partial charge in [-0.15, -0.1) is 0 Å². The lowest BCUT2D eigenvalue weighted by atomic mass is 9.97. The molecule has 6 heteroatoms. The molecule has 0 spiro atoms. The smallest absolute Gasteiger partial charge is 0.249 e. The molecule has 25 heavy (non-hydrogen) atoms. The van der Waals surface area contributed by atoms with Gasteiger partial charge >= 0.3 is 0 Å². The van der Waals surface area contributed by atoms with E-state index in [2.05, 4.69) is 32.8 Å². The summed E-state index contributed by atoms with van der Waals surface area (Å²) >= 11 is 0. The number of amides is 1. The summed E-state index contributed by atoms with van der Waals surface area (Å²) in [5.74, 6) is 1.69. The van der Waals surface area contributed by atoms with E-state index in [4.69, 9.17) is 0 Å². The van der Waals surface area contributed by atoms with E-state index in [1.807, 2.05) is 12.1 Å². The predicted octanol–water partition coefficient (Wildman–Crippen LogP) is 3.47. The number of nitrogens with one attached hydrogen (secondary N) is 2. The lowest BCUT2D eigenvalue weighted by molar-refractivity contribution is -0.119. The van der Waals surface area contributed by atoms with Crippen molar-refractivity contribution in [2.75, 3.05) is 10.6 Å². The molecule has 0 radical (unpaired) electrons. The summed E-state index contributed by atoms with van der Waals surface area (Å²) < 4.78 is 1.55. The van der Waals surface area contributed by atoms with Crippen LogP contribution in [0.1, 0.15) is 45.1 Å². The van der Waals surface area contributed by atoms with E-state index in [1.165, 1.54) is 38.4 Å². The van der Waals surface area contributed by atoms with E-state index in [9.17, 15) is 4.79 Å². The van der Waals surface area contributed by atoms with Crippen molar-refractivity contribution in [1.82, 2.24) is 14.8 Å². The van der Waals surface area contributed by atoms with Crippen molar-refractivity contribution in [3.8, 4) is 0 Å². The first-order valence-electron chi connectivity index (χ1n) is 9.22. The van der Waals surface area contributed by atoms with Crippen LogP contribution in [0.2, 0.25) is 0 Å². The summed E-state index contributed by atoms with van der Waals surface area (Å²) in [6.45, 7) is 1.80. The van der Waals surface area contributed by atoms with Crippen LogP contribution in [0, 0.1) is 11.8 Å². The van der Waals surface area contributed by atoms with Crippen LogP contribution in [0.3, 0.4) is 0 Å². The highest BCUT2D eigenvalue weighted by Gasteiger charge is 2.38. The van der Waals surface area contributed by atoms with E-state index >= 15 is 0 Å². The van der Waals surface area contributed by atoms with Crippen molar-refractivity contribution in [2.45, 2.75) is 51.1 Å². The molecule has 0 saturated heterocycles. The Morgan fingerprint density at radius 1 is 1.16 bits per heavy atom. The lowest BCUT2D eigenvalue weighted by Gasteiger charge is -2.21. The molecule has 1 amide bonds. The highest BCUT2D eigenvalue weighted by molar-refractivity contribution is 5.93. The van der Waals surface area contributed by atoms with Gasteiger partial charge in [-0.25, -0.2) is 9.67 Å². The van der Waals surface area contributed by atoms with Crippen LogP contribution in [-0.4, -0.2) is 26.7 Å². The van der Waals surface area contributed by atoms with Gasteiger partial charge in [0.15, 0.2) is 0 Å². The summed E-state index contributed by atoms with van der Waals surface area (Å²) in [6.07, 6.45) is 9.81. The van der Waals surface area contributed by atoms with Crippen molar-refractivity contribution in [1.29, 1.82) is 0 Å². The minimum absolute atomic E-state index is 0.101. The monoisotopic (exact) mass is 339 g/mol. The zero-order chi connectivity index (χ0) is 17.2. The molecule has 2 saturated carbocycles. The predicted molar refractivity (Wildman–Crippen MR) is 97.3 cm³/mol. The fourth-order valence-electron chi connectivity index (χ4n) is 4.39. The van der Waals surface area contributed by atoms with E-state index in [-0.39, 0.29) is 5.91 Å². The summed E-state index contributed by atoms with van der Waals surface area (Å²) in [5.41, 5.74) is 1.94. The zero-order valence-corrected chi connectivity index (χ0v) is 14.6. The van der Waals surface area contributed by atoms with Crippen LogP contribution in [0.4, 0.5) is 11.4 Å². The van der Waals surface area contributed by atoms with Gasteiger partial charge < -0.3 is 10.6 Å². The van der Waals surface area contributed by atoms with Gasteiger partial charge in [-0.05, 0) is 62.3 Å². The molecule has 4 atom stereocenters. The number of benzene rings is 1. The van der Waals surface area contributed by atoms with Gasteiger partial charge in [0.05, 0.1) is 0 Å². The second-order valence-electron chi connectivity index (χ2n) is 7.30. The Bertz CT molecular complexity index is 712. The summed E-state index contributed by atoms with van der Waals surface area (Å²) in [4.78, 5) is 16.2. The second-order valence-corrected chi connectivity index (χ2v) is 7.30. The van der Waals surface area contributed by atoms with Crippen molar-refractivity contribution < 1.29 is 4.79 Å². The maximum absolute atomic E-state index is 12.3. The number of carbonyl (C=O) groups is 1. The Balaban J connectivity index is 1.35. The molecule has 2 aliphatic rings. The van der Waals surface area contributed by atoms with E-state index in [1.54, 1.807) is 17.9 Å². The van der Waals surface area contributed by atoms with Crippen LogP contribution in [-0.2, 0) is 4.79 Å². The number of carbonyl (C=O) groups excluding carboxylic acids is 1. The molecule has 2 aliphatic carbocycles. The van der Waals surface area contributed by atoms with Gasteiger partial charge in [-0.3, -0.25) is 4.79 Å². The molecule has 2 aromatic rings. The third kappa shape index (κ3) is 3.38. The van der Waals surface area contributed by atoms with Gasteiger partial charge in [-0.1, -0.05) is 12.8 Å². The quantitative estimate of drug-likeness (QED) is 0.875. The van der Waals surface area contributed by atoms with Crippen LogP contribution in [0.25, 0.3) is 0 Å². The molecule has 1 aromatic carbocycles. The molecule has 2 fully saturated rings. The largest absolute Gasteiger partial charge is 0.382 e. The molecule has 1 aromatic heterocycles. The Kier molecular flexibility index (Phi) is 4.42. The number of anilines is 2. The maximum atomic E-state index is 12.3. The van der Waals surface area contributed by atoms with E-state index in [0.29, 0.717) is 6.04 Å². The number of hydrogen-bond donors (Lipinski definition) is 2. The van der Waals surface area contributed by atoms with Gasteiger partial charge in [0.2, 0.25) is 5.91 Å². The Labute approximate surface area is 148 Å². The Morgan fingerprint density at radius 3 is 2.72 bits per heavy atom. The number of nitrogens with zero attached hydrogens (tertiary/aromatic N) is 3. The third-order valence-corrected chi connectivity index (χ3v) is 5.80. The van der Waals surface area contributed by atoms with Gasteiger partial charge in [-0.2, -0.15) is 5.10 Å². The van der Waals surface area contributed by atoms with Crippen LogP contribution < -0.4 is 10.6 Å². The molecular formula is C19H25N5O. The molecule has 0 bridgehead atoms. The van der Waals surface area contributed by atoms with Crippen molar-refractivity contribution in [3.63, 3.8) is 0 Å². The standard InChI is InChI=1S/C19H25N5O/c1-13(24-12-20-11-21-24)19(25)23-16-8-6-15(7-9-16)22-18-10-5-14-3-2-4-17(14)18/h6-9,11-14,17-18,22H,2-5,10H2,1H3,(H,23,25)/t13?,14-,17-,18?/m0/s1. The normalized spacial score (nSPS) is 26.2. The first-order valence-corrected chi connectivity index (χ1v) is 9.22. The Hall–Kier alpha value is -2.37. The SMILES string of the molecule is CC(C(=O)Nc1ccc(NC2CC[C@@H]3CCC[C@H]23)cc1)n1cncn1. The number of hydrogen-bond acceptors (Lipinski definition) is 4. The topological polar surface area (TPSA) is 71.8 Å². The van der Waals surface area contributed by atoms with Gasteiger partial charge in [0.1, 0.15) is 18.7 Å². The molecule has 2 unspecified atom stereocenters. The van der Waals surface area contributed by atoms with Crippen molar-refractivity contribution in [3.05, 3.63) is 36.9 Å². The van der Waals surface area contributed by atoms with Crippen molar-refractivity contribution in [2.24, 2.45) is 11.8 Å². The van der Waals surface area contributed by atoms with E-state index in [0.717, 1.165) is 23.2 Å². The average molecular weight is 339 g/mol. The number of rotatable bonds is 5. The third-order valence-electron chi connectivity index (χ3n) is 5.80. The molecule has 6 nitrogen and oxygen atoms in total. The van der Waals surface area contributed by atoms with Gasteiger partial charge in [0.25, 0.3) is 0 Å². The summed E-state index contributed by atoms with van der Waals surface area (Å²) in [7, 11) is 0. The first-order chi connectivity index (χ1) is 12.2. The minimum Gasteiger partial charge on any atom is -0.382 e. The minimum atomic E-state index is -0.391. The van der Waals surface area contributed by atoms with Crippen LogP contribution >= 0.6 is 0 Å². The molecule has 2 N–H and O–H groups in total. The van der Waals surface area contributed by atoms with Gasteiger partial charge in [0, 0.05) is 17.4 Å². The summed E-state index contributed by atoms with van der Waals surface area (Å²) in [6, 6.07) is 8.24. The molecule has 0 aliphatic heterocycles. The highest BCUT2D eigenvalue weighted by Crippen LogP contribution is 2.45. The first kappa shape index (κ1) is 16.1. The lowest BCUT2D eigenvalue weighted by Crippen LogP contribution is -2.25. The second kappa shape index (κ2) is 6.86. The zero-order valence-electron chi connectivity index (χ0n) is 14.6. The molecular weight excluding hydrogens is 314 g/mol. The maximum Gasteiger partial charge on any atom is 0.249 e. The fraction of sp³-hybridized carbons (Fsp3) is 0.526. The molecule has 4 rings (SSSR count). The number of aromatic nitrogens is 3. The molecule has 132 valence electrons. The number of fused-ring (bicyclic) bond motifs is 1. The van der Waals surface area contributed by atoms with Crippen LogP contribution in [0.5, 0.6) is 0 Å². The van der Waals surface area contributed by atoms with E-state index < -0.39 is 6.04 Å². The van der Waals surface area contributed by atoms with Crippen molar-refractivity contribution >= 4 is 17.3 Å². The molecule has 1 heterocycles. The fourth-order valence-corrected chi connectivity index (χ4v) is 4.39. The Morgan fingerprint density at radius 2 is 1.96 bits per heavy atom. The average Bonchev–Trinajstić information content (AvgIpc) is 3.35.